The Hall–Kier alpha value is -2.82. The molecule has 110 valence electrons. The fraction of sp³-hybridized carbons (Fsp3) is 0.176. The third kappa shape index (κ3) is 2.11. The van der Waals surface area contributed by atoms with Gasteiger partial charge in [0.15, 0.2) is 0 Å². The van der Waals surface area contributed by atoms with Crippen LogP contribution in [0.25, 0.3) is 0 Å². The van der Waals surface area contributed by atoms with Gasteiger partial charge in [0, 0.05) is 5.56 Å². The maximum absolute atomic E-state index is 10.1. The SMILES string of the molecule is Oc1ccccc1C1CC(c2ccccc2)n2ncnc2N1. The highest BCUT2D eigenvalue weighted by molar-refractivity contribution is 5.43. The van der Waals surface area contributed by atoms with E-state index in [1.165, 1.54) is 5.56 Å². The van der Waals surface area contributed by atoms with E-state index in [0.717, 1.165) is 17.9 Å². The van der Waals surface area contributed by atoms with Gasteiger partial charge >= 0.3 is 0 Å². The molecule has 5 nitrogen and oxygen atoms in total. The molecular formula is C17H16N4O. The van der Waals surface area contributed by atoms with Crippen LogP contribution in [0.3, 0.4) is 0 Å². The lowest BCUT2D eigenvalue weighted by molar-refractivity contribution is 0.414. The number of aromatic hydroxyl groups is 1. The third-order valence-electron chi connectivity index (χ3n) is 4.13. The number of anilines is 1. The molecule has 1 aromatic heterocycles. The normalized spacial score (nSPS) is 20.2. The minimum absolute atomic E-state index is 0.00288. The molecule has 0 bridgehead atoms. The summed E-state index contributed by atoms with van der Waals surface area (Å²) in [5.41, 5.74) is 2.08. The number of phenols is 1. The minimum atomic E-state index is 0.00288. The molecule has 3 aromatic rings. The van der Waals surface area contributed by atoms with Crippen LogP contribution in [0.15, 0.2) is 60.9 Å². The van der Waals surface area contributed by atoms with E-state index in [0.29, 0.717) is 5.75 Å². The van der Waals surface area contributed by atoms with Crippen molar-refractivity contribution in [3.63, 3.8) is 0 Å². The van der Waals surface area contributed by atoms with Crippen molar-refractivity contribution >= 4 is 5.95 Å². The summed E-state index contributed by atoms with van der Waals surface area (Å²) in [5, 5.41) is 17.8. The zero-order valence-corrected chi connectivity index (χ0v) is 11.9. The number of phenolic OH excluding ortho intramolecular Hbond substituents is 1. The molecule has 2 atom stereocenters. The first-order valence-corrected chi connectivity index (χ1v) is 7.32. The monoisotopic (exact) mass is 292 g/mol. The molecule has 0 spiro atoms. The quantitative estimate of drug-likeness (QED) is 0.761. The lowest BCUT2D eigenvalue weighted by atomic mass is 9.93. The maximum atomic E-state index is 10.1. The van der Waals surface area contributed by atoms with Crippen molar-refractivity contribution < 1.29 is 5.11 Å². The number of fused-ring (bicyclic) bond motifs is 1. The molecule has 22 heavy (non-hydrogen) atoms. The van der Waals surface area contributed by atoms with E-state index in [1.54, 1.807) is 12.4 Å². The van der Waals surface area contributed by atoms with Crippen molar-refractivity contribution in [3.05, 3.63) is 72.1 Å². The van der Waals surface area contributed by atoms with E-state index in [4.69, 9.17) is 0 Å². The zero-order chi connectivity index (χ0) is 14.9. The maximum Gasteiger partial charge on any atom is 0.222 e. The second-order valence-corrected chi connectivity index (χ2v) is 5.45. The largest absolute Gasteiger partial charge is 0.508 e. The number of benzene rings is 2. The number of aromatic nitrogens is 3. The molecule has 2 unspecified atom stereocenters. The second-order valence-electron chi connectivity index (χ2n) is 5.45. The van der Waals surface area contributed by atoms with Crippen LogP contribution in [-0.4, -0.2) is 19.9 Å². The summed E-state index contributed by atoms with van der Waals surface area (Å²) < 4.78 is 1.91. The van der Waals surface area contributed by atoms with Crippen molar-refractivity contribution in [2.24, 2.45) is 0 Å². The predicted octanol–water partition coefficient (Wildman–Crippen LogP) is 3.13. The highest BCUT2D eigenvalue weighted by atomic mass is 16.3. The Balaban J connectivity index is 1.76. The molecule has 0 saturated heterocycles. The van der Waals surface area contributed by atoms with Gasteiger partial charge < -0.3 is 10.4 Å². The highest BCUT2D eigenvalue weighted by Gasteiger charge is 2.30. The Labute approximate surface area is 128 Å². The summed E-state index contributed by atoms with van der Waals surface area (Å²) in [5.74, 6) is 1.04. The zero-order valence-electron chi connectivity index (χ0n) is 11.9. The second kappa shape index (κ2) is 5.18. The van der Waals surface area contributed by atoms with Crippen LogP contribution < -0.4 is 5.32 Å². The van der Waals surface area contributed by atoms with Gasteiger partial charge in [0.1, 0.15) is 12.1 Å². The van der Waals surface area contributed by atoms with Gasteiger partial charge in [-0.3, -0.25) is 0 Å². The van der Waals surface area contributed by atoms with Gasteiger partial charge in [-0.25, -0.2) is 4.68 Å². The van der Waals surface area contributed by atoms with Crippen molar-refractivity contribution in [2.45, 2.75) is 18.5 Å². The van der Waals surface area contributed by atoms with Crippen molar-refractivity contribution in [1.82, 2.24) is 14.8 Å². The number of hydrogen-bond acceptors (Lipinski definition) is 4. The predicted molar refractivity (Wildman–Crippen MR) is 83.7 cm³/mol. The van der Waals surface area contributed by atoms with E-state index >= 15 is 0 Å². The molecule has 0 fully saturated rings. The third-order valence-corrected chi connectivity index (χ3v) is 4.13. The summed E-state index contributed by atoms with van der Waals surface area (Å²) in [6.07, 6.45) is 2.36. The first-order chi connectivity index (χ1) is 10.8. The lowest BCUT2D eigenvalue weighted by Crippen LogP contribution is -2.28. The molecular weight excluding hydrogens is 276 g/mol. The molecule has 0 radical (unpaired) electrons. The van der Waals surface area contributed by atoms with E-state index in [-0.39, 0.29) is 12.1 Å². The van der Waals surface area contributed by atoms with Gasteiger partial charge in [0.05, 0.1) is 12.1 Å². The van der Waals surface area contributed by atoms with Gasteiger partial charge in [-0.15, -0.1) is 0 Å². The van der Waals surface area contributed by atoms with Crippen LogP contribution in [-0.2, 0) is 0 Å². The minimum Gasteiger partial charge on any atom is -0.508 e. The van der Waals surface area contributed by atoms with Crippen LogP contribution in [0, 0.1) is 0 Å². The van der Waals surface area contributed by atoms with Gasteiger partial charge in [-0.2, -0.15) is 10.1 Å². The summed E-state index contributed by atoms with van der Waals surface area (Å²) in [7, 11) is 0. The van der Waals surface area contributed by atoms with Crippen LogP contribution >= 0.6 is 0 Å². The molecule has 0 aliphatic carbocycles. The van der Waals surface area contributed by atoms with E-state index in [1.807, 2.05) is 41.1 Å². The van der Waals surface area contributed by atoms with E-state index < -0.39 is 0 Å². The van der Waals surface area contributed by atoms with Crippen molar-refractivity contribution in [1.29, 1.82) is 0 Å². The van der Waals surface area contributed by atoms with E-state index in [2.05, 4.69) is 27.5 Å². The summed E-state index contributed by atoms with van der Waals surface area (Å²) in [6, 6.07) is 17.8. The Morgan fingerprint density at radius 1 is 1.05 bits per heavy atom. The number of hydrogen-bond donors (Lipinski definition) is 2. The molecule has 2 N–H and O–H groups in total. The summed E-state index contributed by atoms with van der Waals surface area (Å²) in [4.78, 5) is 4.30. The van der Waals surface area contributed by atoms with Gasteiger partial charge in [0.25, 0.3) is 0 Å². The molecule has 5 heteroatoms. The fourth-order valence-electron chi connectivity index (χ4n) is 3.06. The van der Waals surface area contributed by atoms with E-state index in [9.17, 15) is 5.11 Å². The Kier molecular flexibility index (Phi) is 3.04. The van der Waals surface area contributed by atoms with Gasteiger partial charge in [-0.05, 0) is 18.1 Å². The number of nitrogens with one attached hydrogen (secondary N) is 1. The first-order valence-electron chi connectivity index (χ1n) is 7.32. The van der Waals surface area contributed by atoms with Crippen LogP contribution in [0.4, 0.5) is 5.95 Å². The lowest BCUT2D eigenvalue weighted by Gasteiger charge is -2.32. The molecule has 0 amide bonds. The highest BCUT2D eigenvalue weighted by Crippen LogP contribution is 2.39. The Bertz CT molecular complexity index is 784. The van der Waals surface area contributed by atoms with Crippen molar-refractivity contribution in [2.75, 3.05) is 5.32 Å². The average molecular weight is 292 g/mol. The van der Waals surface area contributed by atoms with Gasteiger partial charge in [0.2, 0.25) is 5.95 Å². The fourth-order valence-corrected chi connectivity index (χ4v) is 3.06. The molecule has 1 aliphatic rings. The molecule has 2 heterocycles. The van der Waals surface area contributed by atoms with Crippen LogP contribution in [0.5, 0.6) is 5.75 Å². The van der Waals surface area contributed by atoms with Crippen LogP contribution in [0.2, 0.25) is 0 Å². The topological polar surface area (TPSA) is 63.0 Å². The van der Waals surface area contributed by atoms with Crippen LogP contribution in [0.1, 0.15) is 29.6 Å². The number of nitrogens with zero attached hydrogens (tertiary/aromatic N) is 3. The Morgan fingerprint density at radius 3 is 2.64 bits per heavy atom. The summed E-state index contributed by atoms with van der Waals surface area (Å²) >= 11 is 0. The Morgan fingerprint density at radius 2 is 1.82 bits per heavy atom. The van der Waals surface area contributed by atoms with Crippen molar-refractivity contribution in [3.8, 4) is 5.75 Å². The molecule has 2 aromatic carbocycles. The van der Waals surface area contributed by atoms with Gasteiger partial charge in [-0.1, -0.05) is 48.5 Å². The summed E-state index contributed by atoms with van der Waals surface area (Å²) in [6.45, 7) is 0. The molecule has 4 rings (SSSR count). The molecule has 0 saturated carbocycles. The molecule has 1 aliphatic heterocycles. The number of rotatable bonds is 2. The number of para-hydroxylation sites is 1. The first kappa shape index (κ1) is 12.9. The average Bonchev–Trinajstić information content (AvgIpc) is 3.03. The standard InChI is InChI=1S/C17H16N4O/c22-16-9-5-4-8-13(16)14-10-15(12-6-2-1-3-7-12)21-17(20-14)18-11-19-21/h1-9,11,14-15,22H,10H2,(H,18,19,20). The smallest absolute Gasteiger partial charge is 0.222 e.